The Morgan fingerprint density at radius 3 is 1.26 bits per heavy atom. The average molecular weight is 430 g/mol. The lowest BCUT2D eigenvalue weighted by Gasteiger charge is -2.05. The summed E-state index contributed by atoms with van der Waals surface area (Å²) in [6.07, 6.45) is 4.19. The molecule has 2 aromatic carbocycles. The molecule has 0 saturated heterocycles. The molecule has 0 fully saturated rings. The van der Waals surface area contributed by atoms with Crippen LogP contribution in [0.25, 0.3) is 0 Å². The molecular formula is C21H22N2O8. The number of carbonyl (C=O) groups excluding carboxylic acids is 2. The fourth-order valence-corrected chi connectivity index (χ4v) is 2.71. The molecule has 2 rings (SSSR count). The van der Waals surface area contributed by atoms with E-state index in [0.717, 1.165) is 19.3 Å². The molecule has 0 heterocycles. The maximum atomic E-state index is 11.8. The van der Waals surface area contributed by atoms with Crippen LogP contribution in [-0.2, 0) is 9.59 Å². The molecule has 164 valence electrons. The highest BCUT2D eigenvalue weighted by atomic mass is 16.6. The van der Waals surface area contributed by atoms with E-state index in [-0.39, 0.29) is 35.7 Å². The number of hydrogen-bond donors (Lipinski definition) is 0. The molecule has 0 radical (unpaired) electrons. The summed E-state index contributed by atoms with van der Waals surface area (Å²) in [6.45, 7) is 0. The molecule has 31 heavy (non-hydrogen) atoms. The van der Waals surface area contributed by atoms with E-state index in [2.05, 4.69) is 0 Å². The third kappa shape index (κ3) is 8.60. The van der Waals surface area contributed by atoms with Crippen molar-refractivity contribution in [2.45, 2.75) is 44.9 Å². The van der Waals surface area contributed by atoms with Crippen LogP contribution in [0.15, 0.2) is 48.5 Å². The van der Waals surface area contributed by atoms with E-state index in [4.69, 9.17) is 9.47 Å². The first-order valence-electron chi connectivity index (χ1n) is 9.75. The average Bonchev–Trinajstić information content (AvgIpc) is 2.73. The van der Waals surface area contributed by atoms with Gasteiger partial charge in [0.1, 0.15) is 11.5 Å². The zero-order valence-electron chi connectivity index (χ0n) is 16.7. The van der Waals surface area contributed by atoms with Crippen molar-refractivity contribution in [3.05, 3.63) is 68.8 Å². The highest BCUT2D eigenvalue weighted by molar-refractivity contribution is 5.72. The van der Waals surface area contributed by atoms with E-state index >= 15 is 0 Å². The van der Waals surface area contributed by atoms with Gasteiger partial charge in [-0.05, 0) is 37.1 Å². The van der Waals surface area contributed by atoms with Crippen molar-refractivity contribution < 1.29 is 28.9 Å². The quantitative estimate of drug-likeness (QED) is 0.155. The number of rotatable bonds is 12. The third-order valence-corrected chi connectivity index (χ3v) is 4.32. The molecule has 0 N–H and O–H groups in total. The Morgan fingerprint density at radius 1 is 0.613 bits per heavy atom. The first kappa shape index (κ1) is 23.5. The van der Waals surface area contributed by atoms with Crippen molar-refractivity contribution in [1.29, 1.82) is 0 Å². The van der Waals surface area contributed by atoms with Crippen LogP contribution in [-0.4, -0.2) is 21.8 Å². The topological polar surface area (TPSA) is 139 Å². The first-order chi connectivity index (χ1) is 14.8. The van der Waals surface area contributed by atoms with Crippen LogP contribution in [0.2, 0.25) is 0 Å². The summed E-state index contributed by atoms with van der Waals surface area (Å²) in [5, 5.41) is 21.2. The normalized spacial score (nSPS) is 10.3. The van der Waals surface area contributed by atoms with Gasteiger partial charge in [0.25, 0.3) is 11.4 Å². The Morgan fingerprint density at radius 2 is 0.935 bits per heavy atom. The van der Waals surface area contributed by atoms with Crippen LogP contribution in [0, 0.1) is 20.2 Å². The maximum absolute atomic E-state index is 11.8. The van der Waals surface area contributed by atoms with Gasteiger partial charge in [0.15, 0.2) is 0 Å². The van der Waals surface area contributed by atoms with E-state index < -0.39 is 21.8 Å². The number of nitro benzene ring substituents is 2. The summed E-state index contributed by atoms with van der Waals surface area (Å²) in [4.78, 5) is 43.7. The molecule has 0 unspecified atom stereocenters. The van der Waals surface area contributed by atoms with Gasteiger partial charge in [0, 0.05) is 37.1 Å². The Kier molecular flexibility index (Phi) is 9.09. The van der Waals surface area contributed by atoms with Crippen LogP contribution in [0.3, 0.4) is 0 Å². The zero-order chi connectivity index (χ0) is 22.6. The molecule has 10 nitrogen and oxygen atoms in total. The highest BCUT2D eigenvalue weighted by Gasteiger charge is 2.10. The highest BCUT2D eigenvalue weighted by Crippen LogP contribution is 2.19. The largest absolute Gasteiger partial charge is 0.427 e. The van der Waals surface area contributed by atoms with Crippen LogP contribution >= 0.6 is 0 Å². The van der Waals surface area contributed by atoms with Gasteiger partial charge in [-0.25, -0.2) is 0 Å². The number of hydrogen-bond acceptors (Lipinski definition) is 8. The molecule has 0 saturated carbocycles. The lowest BCUT2D eigenvalue weighted by Crippen LogP contribution is -2.08. The second kappa shape index (κ2) is 12.0. The Hall–Kier alpha value is -3.82. The van der Waals surface area contributed by atoms with Gasteiger partial charge in [0.2, 0.25) is 0 Å². The molecule has 0 atom stereocenters. The summed E-state index contributed by atoms with van der Waals surface area (Å²) in [7, 11) is 0. The predicted octanol–water partition coefficient (Wildman–Crippen LogP) is 4.74. The molecule has 0 aromatic heterocycles. The van der Waals surface area contributed by atoms with Gasteiger partial charge in [-0.15, -0.1) is 0 Å². The number of benzene rings is 2. The number of unbranched alkanes of at least 4 members (excludes halogenated alkanes) is 4. The van der Waals surface area contributed by atoms with Crippen LogP contribution in [0.1, 0.15) is 44.9 Å². The summed E-state index contributed by atoms with van der Waals surface area (Å²) in [5.74, 6) is -0.273. The van der Waals surface area contributed by atoms with E-state index in [9.17, 15) is 29.8 Å². The van der Waals surface area contributed by atoms with Crippen molar-refractivity contribution in [3.8, 4) is 11.5 Å². The predicted molar refractivity (Wildman–Crippen MR) is 110 cm³/mol. The molecule has 2 aromatic rings. The molecule has 0 aliphatic carbocycles. The van der Waals surface area contributed by atoms with Gasteiger partial charge in [-0.1, -0.05) is 19.3 Å². The first-order valence-corrected chi connectivity index (χ1v) is 9.75. The molecule has 0 amide bonds. The van der Waals surface area contributed by atoms with Crippen LogP contribution < -0.4 is 9.47 Å². The molecule has 0 bridgehead atoms. The maximum Gasteiger partial charge on any atom is 0.311 e. The van der Waals surface area contributed by atoms with Crippen molar-refractivity contribution in [1.82, 2.24) is 0 Å². The van der Waals surface area contributed by atoms with Crippen molar-refractivity contribution in [2.75, 3.05) is 0 Å². The van der Waals surface area contributed by atoms with Crippen LogP contribution in [0.5, 0.6) is 11.5 Å². The number of ether oxygens (including phenoxy) is 2. The Bertz CT molecular complexity index is 834. The monoisotopic (exact) mass is 430 g/mol. The summed E-state index contributed by atoms with van der Waals surface area (Å²) in [6, 6.07) is 10.6. The van der Waals surface area contributed by atoms with Gasteiger partial charge < -0.3 is 9.47 Å². The lowest BCUT2D eigenvalue weighted by molar-refractivity contribution is -0.385. The van der Waals surface area contributed by atoms with Crippen molar-refractivity contribution in [3.63, 3.8) is 0 Å². The van der Waals surface area contributed by atoms with Crippen molar-refractivity contribution in [2.24, 2.45) is 0 Å². The zero-order valence-corrected chi connectivity index (χ0v) is 16.7. The molecule has 0 spiro atoms. The Balaban J connectivity index is 1.53. The fraction of sp³-hybridized carbons (Fsp3) is 0.333. The van der Waals surface area contributed by atoms with E-state index in [1.165, 1.54) is 48.5 Å². The van der Waals surface area contributed by atoms with Gasteiger partial charge >= 0.3 is 11.9 Å². The standard InChI is InChI=1S/C21H22N2O8/c24-20(30-18-12-8-16(9-13-18)22(26)27)6-4-2-1-3-5-7-21(25)31-19-14-10-17(11-15-19)23(28)29/h8-15H,1-7H2. The minimum absolute atomic E-state index is 0.0728. The molecule has 0 aliphatic rings. The minimum atomic E-state index is -0.527. The van der Waals surface area contributed by atoms with E-state index in [1.807, 2.05) is 0 Å². The van der Waals surface area contributed by atoms with Gasteiger partial charge in [-0.3, -0.25) is 29.8 Å². The molecule has 0 aliphatic heterocycles. The molecular weight excluding hydrogens is 408 g/mol. The number of non-ortho nitro benzene ring substituents is 2. The van der Waals surface area contributed by atoms with Gasteiger partial charge in [-0.2, -0.15) is 0 Å². The number of carbonyl (C=O) groups is 2. The third-order valence-electron chi connectivity index (χ3n) is 4.32. The Labute approximate surface area is 178 Å². The summed E-state index contributed by atoms with van der Waals surface area (Å²) >= 11 is 0. The van der Waals surface area contributed by atoms with Gasteiger partial charge in [0.05, 0.1) is 9.85 Å². The lowest BCUT2D eigenvalue weighted by atomic mass is 10.1. The SMILES string of the molecule is O=C(CCCCCCCC(=O)Oc1ccc([N+](=O)[O-])cc1)Oc1ccc([N+](=O)[O-])cc1. The minimum Gasteiger partial charge on any atom is -0.427 e. The summed E-state index contributed by atoms with van der Waals surface area (Å²) in [5.41, 5.74) is -0.146. The fourth-order valence-electron chi connectivity index (χ4n) is 2.71. The second-order valence-corrected chi connectivity index (χ2v) is 6.72. The second-order valence-electron chi connectivity index (χ2n) is 6.72. The molecule has 10 heteroatoms. The number of nitro groups is 2. The van der Waals surface area contributed by atoms with E-state index in [0.29, 0.717) is 12.8 Å². The van der Waals surface area contributed by atoms with E-state index in [1.54, 1.807) is 0 Å². The van der Waals surface area contributed by atoms with Crippen LogP contribution in [0.4, 0.5) is 11.4 Å². The summed E-state index contributed by atoms with van der Waals surface area (Å²) < 4.78 is 10.3. The number of esters is 2. The van der Waals surface area contributed by atoms with Crippen molar-refractivity contribution >= 4 is 23.3 Å². The number of nitrogens with zero attached hydrogens (tertiary/aromatic N) is 2. The smallest absolute Gasteiger partial charge is 0.311 e.